The van der Waals surface area contributed by atoms with Crippen LogP contribution in [0.2, 0.25) is 0 Å². The van der Waals surface area contributed by atoms with Gasteiger partial charge in [0.1, 0.15) is 11.9 Å². The second-order valence-electron chi connectivity index (χ2n) is 4.41. The predicted molar refractivity (Wildman–Crippen MR) is 74.3 cm³/mol. The average molecular weight is 312 g/mol. The van der Waals surface area contributed by atoms with Crippen molar-refractivity contribution in [2.45, 2.75) is 6.04 Å². The van der Waals surface area contributed by atoms with Gasteiger partial charge in [0.25, 0.3) is 5.91 Å². The zero-order chi connectivity index (χ0) is 15.4. The summed E-state index contributed by atoms with van der Waals surface area (Å²) in [6.07, 6.45) is 0. The summed E-state index contributed by atoms with van der Waals surface area (Å²) < 4.78 is 13.0. The fourth-order valence-corrected chi connectivity index (χ4v) is 3.05. The molecule has 1 aromatic carbocycles. The molecule has 0 spiro atoms. The van der Waals surface area contributed by atoms with Gasteiger partial charge in [0.2, 0.25) is 5.91 Å². The first-order chi connectivity index (χ1) is 9.99. The summed E-state index contributed by atoms with van der Waals surface area (Å²) in [5, 5.41) is 11.3. The Hall–Kier alpha value is -2.09. The number of carboxylic acid groups (broad SMARTS) is 1. The molecule has 1 aliphatic rings. The van der Waals surface area contributed by atoms with Crippen LogP contribution in [0.5, 0.6) is 0 Å². The van der Waals surface area contributed by atoms with E-state index in [2.05, 4.69) is 5.32 Å². The minimum Gasteiger partial charge on any atom is -0.480 e. The van der Waals surface area contributed by atoms with E-state index >= 15 is 0 Å². The molecule has 21 heavy (non-hydrogen) atoms. The van der Waals surface area contributed by atoms with E-state index in [1.54, 1.807) is 0 Å². The number of benzene rings is 1. The molecule has 0 aliphatic carbocycles. The van der Waals surface area contributed by atoms with Gasteiger partial charge in [0.15, 0.2) is 0 Å². The first kappa shape index (κ1) is 15.3. The first-order valence-corrected chi connectivity index (χ1v) is 7.28. The lowest BCUT2D eigenvalue weighted by Crippen LogP contribution is -2.46. The van der Waals surface area contributed by atoms with Gasteiger partial charge >= 0.3 is 5.97 Å². The quantitative estimate of drug-likeness (QED) is 0.847. The van der Waals surface area contributed by atoms with E-state index < -0.39 is 29.6 Å². The lowest BCUT2D eigenvalue weighted by atomic mass is 10.2. The molecule has 8 heteroatoms. The van der Waals surface area contributed by atoms with Crippen molar-refractivity contribution in [1.29, 1.82) is 0 Å². The van der Waals surface area contributed by atoms with Crippen LogP contribution in [0.15, 0.2) is 24.3 Å². The molecule has 1 aromatic rings. The number of nitrogens with zero attached hydrogens (tertiary/aromatic N) is 1. The van der Waals surface area contributed by atoms with E-state index in [-0.39, 0.29) is 18.0 Å². The number of thioether (sulfide) groups is 1. The molecule has 2 rings (SSSR count). The predicted octanol–water partition coefficient (Wildman–Crippen LogP) is 0.542. The van der Waals surface area contributed by atoms with E-state index in [9.17, 15) is 18.8 Å². The van der Waals surface area contributed by atoms with Gasteiger partial charge in [-0.25, -0.2) is 9.18 Å². The number of hydrogen-bond donors (Lipinski definition) is 2. The molecule has 1 atom stereocenters. The van der Waals surface area contributed by atoms with Crippen LogP contribution in [0.1, 0.15) is 10.4 Å². The van der Waals surface area contributed by atoms with Gasteiger partial charge in [-0.1, -0.05) is 6.07 Å². The number of carbonyl (C=O) groups is 3. The van der Waals surface area contributed by atoms with Crippen molar-refractivity contribution in [3.8, 4) is 0 Å². The summed E-state index contributed by atoms with van der Waals surface area (Å²) in [4.78, 5) is 35.9. The van der Waals surface area contributed by atoms with E-state index in [4.69, 9.17) is 5.11 Å². The highest BCUT2D eigenvalue weighted by Crippen LogP contribution is 2.20. The Morgan fingerprint density at radius 3 is 2.86 bits per heavy atom. The number of carbonyl (C=O) groups excluding carboxylic acids is 2. The van der Waals surface area contributed by atoms with E-state index in [1.807, 2.05) is 0 Å². The normalized spacial score (nSPS) is 17.6. The van der Waals surface area contributed by atoms with Gasteiger partial charge in [0, 0.05) is 11.3 Å². The molecule has 1 fully saturated rings. The lowest BCUT2D eigenvalue weighted by molar-refractivity contribution is -0.147. The summed E-state index contributed by atoms with van der Waals surface area (Å²) in [6.45, 7) is -0.320. The molecule has 2 N–H and O–H groups in total. The van der Waals surface area contributed by atoms with Crippen molar-refractivity contribution in [2.75, 3.05) is 18.2 Å². The number of rotatable bonds is 4. The third kappa shape index (κ3) is 3.72. The van der Waals surface area contributed by atoms with Crippen molar-refractivity contribution in [1.82, 2.24) is 10.2 Å². The van der Waals surface area contributed by atoms with Crippen LogP contribution in [-0.2, 0) is 9.59 Å². The Morgan fingerprint density at radius 1 is 1.43 bits per heavy atom. The van der Waals surface area contributed by atoms with E-state index in [0.29, 0.717) is 5.75 Å². The molecular weight excluding hydrogens is 299 g/mol. The van der Waals surface area contributed by atoms with Gasteiger partial charge in [-0.3, -0.25) is 9.59 Å². The molecule has 0 bridgehead atoms. The average Bonchev–Trinajstić information content (AvgIpc) is 2.94. The Morgan fingerprint density at radius 2 is 2.19 bits per heavy atom. The number of hydrogen-bond acceptors (Lipinski definition) is 4. The Bertz CT molecular complexity index is 581. The minimum absolute atomic E-state index is 0.105. The standard InChI is InChI=1S/C13H13FN2O4S/c14-9-3-1-2-8(4-9)12(18)15-5-11(17)16-7-21-6-10(16)13(19)20/h1-4,10H,5-7H2,(H,15,18)(H,19,20)/t10-/m0/s1. The lowest BCUT2D eigenvalue weighted by Gasteiger charge is -2.20. The molecule has 112 valence electrons. The molecule has 1 aliphatic heterocycles. The monoisotopic (exact) mass is 312 g/mol. The summed E-state index contributed by atoms with van der Waals surface area (Å²) in [7, 11) is 0. The van der Waals surface area contributed by atoms with Crippen LogP contribution in [-0.4, -0.2) is 52.0 Å². The smallest absolute Gasteiger partial charge is 0.327 e. The van der Waals surface area contributed by atoms with Crippen molar-refractivity contribution in [2.24, 2.45) is 0 Å². The highest BCUT2D eigenvalue weighted by Gasteiger charge is 2.34. The highest BCUT2D eigenvalue weighted by atomic mass is 32.2. The summed E-state index contributed by atoms with van der Waals surface area (Å²) >= 11 is 1.34. The van der Waals surface area contributed by atoms with Gasteiger partial charge in [-0.15, -0.1) is 11.8 Å². The zero-order valence-electron chi connectivity index (χ0n) is 10.9. The minimum atomic E-state index is -1.06. The van der Waals surface area contributed by atoms with Crippen LogP contribution in [0.25, 0.3) is 0 Å². The molecule has 6 nitrogen and oxygen atoms in total. The maximum absolute atomic E-state index is 13.0. The first-order valence-electron chi connectivity index (χ1n) is 6.13. The molecular formula is C13H13FN2O4S. The highest BCUT2D eigenvalue weighted by molar-refractivity contribution is 7.99. The molecule has 0 saturated carbocycles. The van der Waals surface area contributed by atoms with E-state index in [1.165, 1.54) is 34.9 Å². The van der Waals surface area contributed by atoms with Crippen LogP contribution in [0, 0.1) is 5.82 Å². The maximum Gasteiger partial charge on any atom is 0.327 e. The van der Waals surface area contributed by atoms with Crippen LogP contribution in [0.4, 0.5) is 4.39 Å². The molecule has 1 heterocycles. The SMILES string of the molecule is O=C(NCC(=O)N1CSC[C@H]1C(=O)O)c1cccc(F)c1. The molecule has 0 unspecified atom stereocenters. The summed E-state index contributed by atoms with van der Waals surface area (Å²) in [6, 6.07) is 4.22. The van der Waals surface area contributed by atoms with Crippen molar-refractivity contribution in [3.05, 3.63) is 35.6 Å². The number of aliphatic carboxylic acids is 1. The van der Waals surface area contributed by atoms with Crippen LogP contribution < -0.4 is 5.32 Å². The van der Waals surface area contributed by atoms with Crippen LogP contribution >= 0.6 is 11.8 Å². The number of carboxylic acids is 1. The van der Waals surface area contributed by atoms with Gasteiger partial charge < -0.3 is 15.3 Å². The maximum atomic E-state index is 13.0. The number of amides is 2. The van der Waals surface area contributed by atoms with Crippen LogP contribution in [0.3, 0.4) is 0 Å². The molecule has 0 aromatic heterocycles. The largest absolute Gasteiger partial charge is 0.480 e. The summed E-state index contributed by atoms with van der Waals surface area (Å²) in [5.74, 6) is -2.05. The van der Waals surface area contributed by atoms with Crippen molar-refractivity contribution < 1.29 is 23.9 Å². The summed E-state index contributed by atoms with van der Waals surface area (Å²) in [5.41, 5.74) is 0.105. The Labute approximate surface area is 124 Å². The molecule has 0 radical (unpaired) electrons. The van der Waals surface area contributed by atoms with Gasteiger partial charge in [0.05, 0.1) is 12.4 Å². The zero-order valence-corrected chi connectivity index (χ0v) is 11.7. The van der Waals surface area contributed by atoms with E-state index in [0.717, 1.165) is 6.07 Å². The fraction of sp³-hybridized carbons (Fsp3) is 0.308. The molecule has 2 amide bonds. The fourth-order valence-electron chi connectivity index (χ4n) is 1.88. The van der Waals surface area contributed by atoms with Gasteiger partial charge in [-0.2, -0.15) is 0 Å². The third-order valence-corrected chi connectivity index (χ3v) is 3.99. The number of nitrogens with one attached hydrogen (secondary N) is 1. The molecule has 1 saturated heterocycles. The second-order valence-corrected chi connectivity index (χ2v) is 5.41. The number of halogens is 1. The second kappa shape index (κ2) is 6.57. The van der Waals surface area contributed by atoms with Crippen molar-refractivity contribution in [3.63, 3.8) is 0 Å². The topological polar surface area (TPSA) is 86.7 Å². The third-order valence-electron chi connectivity index (χ3n) is 2.97. The van der Waals surface area contributed by atoms with Crippen molar-refractivity contribution >= 4 is 29.5 Å². The Kier molecular flexibility index (Phi) is 4.79. The Balaban J connectivity index is 1.92. The van der Waals surface area contributed by atoms with Gasteiger partial charge in [-0.05, 0) is 18.2 Å².